The minimum Gasteiger partial charge on any atom is -0.399 e. The van der Waals surface area contributed by atoms with E-state index < -0.39 is 0 Å². The van der Waals surface area contributed by atoms with Crippen LogP contribution in [0.2, 0.25) is 0 Å². The van der Waals surface area contributed by atoms with Gasteiger partial charge in [-0.2, -0.15) is 0 Å². The number of amides is 1. The van der Waals surface area contributed by atoms with E-state index in [1.165, 1.54) is 0 Å². The normalized spacial score (nSPS) is 14.7. The molecule has 2 rings (SSSR count). The average Bonchev–Trinajstić information content (AvgIpc) is 2.38. The first kappa shape index (κ1) is 13.1. The van der Waals surface area contributed by atoms with Crippen molar-refractivity contribution in [3.8, 4) is 0 Å². The predicted molar refractivity (Wildman–Crippen MR) is 61.8 cm³/mol. The number of nitrogens with zero attached hydrogens (tertiary/aromatic N) is 1. The van der Waals surface area contributed by atoms with E-state index in [9.17, 15) is 4.79 Å². The van der Waals surface area contributed by atoms with Crippen molar-refractivity contribution in [2.45, 2.75) is 32.7 Å². The molecule has 1 heterocycles. The maximum absolute atomic E-state index is 11.9. The number of fused-ring (bicyclic) bond motifs is 1. The standard InChI is InChI=1S/C12H16N2O.Fe/c1-12(2,3)14-10-5-4-9(13)6-8(10)7-11(14)15;/h4-6H,7,13H2,1-3H3;/q;+2. The van der Waals surface area contributed by atoms with Gasteiger partial charge in [0, 0.05) is 16.9 Å². The number of nitrogens with two attached hydrogens (primary N) is 1. The van der Waals surface area contributed by atoms with Crippen molar-refractivity contribution >= 4 is 17.3 Å². The topological polar surface area (TPSA) is 46.3 Å². The largest absolute Gasteiger partial charge is 2.00 e. The zero-order valence-corrected chi connectivity index (χ0v) is 10.8. The van der Waals surface area contributed by atoms with Crippen molar-refractivity contribution in [3.05, 3.63) is 23.8 Å². The van der Waals surface area contributed by atoms with E-state index in [0.29, 0.717) is 6.42 Å². The molecule has 1 aliphatic heterocycles. The second-order valence-corrected chi connectivity index (χ2v) is 4.96. The van der Waals surface area contributed by atoms with Gasteiger partial charge >= 0.3 is 17.1 Å². The van der Waals surface area contributed by atoms with Crippen LogP contribution in [0.4, 0.5) is 11.4 Å². The molecule has 1 aliphatic rings. The van der Waals surface area contributed by atoms with Gasteiger partial charge in [-0.25, -0.2) is 0 Å². The molecule has 0 bridgehead atoms. The maximum atomic E-state index is 11.9. The SMILES string of the molecule is CC(C)(C)N1C(=O)Cc2cc(N)ccc21.[Fe+2]. The number of carbonyl (C=O) groups is 1. The molecule has 0 unspecified atom stereocenters. The third-order valence-electron chi connectivity index (χ3n) is 2.61. The summed E-state index contributed by atoms with van der Waals surface area (Å²) in [7, 11) is 0. The van der Waals surface area contributed by atoms with E-state index >= 15 is 0 Å². The molecule has 0 atom stereocenters. The van der Waals surface area contributed by atoms with E-state index in [-0.39, 0.29) is 28.5 Å². The van der Waals surface area contributed by atoms with Gasteiger partial charge in [0.05, 0.1) is 6.42 Å². The molecule has 2 N–H and O–H groups in total. The van der Waals surface area contributed by atoms with Crippen LogP contribution in [0.15, 0.2) is 18.2 Å². The predicted octanol–water partition coefficient (Wildman–Crippen LogP) is 1.95. The Kier molecular flexibility index (Phi) is 3.36. The van der Waals surface area contributed by atoms with Crippen LogP contribution < -0.4 is 10.6 Å². The summed E-state index contributed by atoms with van der Waals surface area (Å²) >= 11 is 0. The van der Waals surface area contributed by atoms with Crippen LogP contribution in [0.3, 0.4) is 0 Å². The Morgan fingerprint density at radius 1 is 1.31 bits per heavy atom. The van der Waals surface area contributed by atoms with Gasteiger partial charge in [-0.05, 0) is 44.5 Å². The van der Waals surface area contributed by atoms with E-state index in [1.807, 2.05) is 43.9 Å². The van der Waals surface area contributed by atoms with Gasteiger partial charge in [0.25, 0.3) is 0 Å². The van der Waals surface area contributed by atoms with Gasteiger partial charge in [-0.3, -0.25) is 4.79 Å². The molecule has 4 heteroatoms. The first-order valence-electron chi connectivity index (χ1n) is 5.11. The molecule has 1 aromatic rings. The number of anilines is 2. The number of hydrogen-bond donors (Lipinski definition) is 1. The number of benzene rings is 1. The monoisotopic (exact) mass is 260 g/mol. The fourth-order valence-electron chi connectivity index (χ4n) is 2.08. The van der Waals surface area contributed by atoms with Crippen LogP contribution in [0.25, 0.3) is 0 Å². The number of hydrogen-bond acceptors (Lipinski definition) is 2. The van der Waals surface area contributed by atoms with Gasteiger partial charge in [-0.1, -0.05) is 0 Å². The Balaban J connectivity index is 0.00000128. The summed E-state index contributed by atoms with van der Waals surface area (Å²) in [6.45, 7) is 6.11. The summed E-state index contributed by atoms with van der Waals surface area (Å²) in [6.07, 6.45) is 0.470. The average molecular weight is 260 g/mol. The number of carbonyl (C=O) groups excluding carboxylic acids is 1. The second-order valence-electron chi connectivity index (χ2n) is 4.96. The zero-order chi connectivity index (χ0) is 11.2. The van der Waals surface area contributed by atoms with Crippen molar-refractivity contribution in [3.63, 3.8) is 0 Å². The summed E-state index contributed by atoms with van der Waals surface area (Å²) in [5, 5.41) is 0. The quantitative estimate of drug-likeness (QED) is 0.572. The van der Waals surface area contributed by atoms with Gasteiger partial charge in [-0.15, -0.1) is 0 Å². The van der Waals surface area contributed by atoms with Crippen LogP contribution in [-0.2, 0) is 28.3 Å². The Labute approximate surface area is 106 Å². The molecule has 3 nitrogen and oxygen atoms in total. The molecule has 0 radical (unpaired) electrons. The van der Waals surface area contributed by atoms with Crippen LogP contribution in [0, 0.1) is 0 Å². The first-order chi connectivity index (χ1) is 6.89. The number of nitrogen functional groups attached to an aromatic ring is 1. The minimum atomic E-state index is -0.168. The summed E-state index contributed by atoms with van der Waals surface area (Å²) in [5.74, 6) is 0.156. The summed E-state index contributed by atoms with van der Waals surface area (Å²) < 4.78 is 0. The molecule has 0 spiro atoms. The van der Waals surface area contributed by atoms with Crippen molar-refractivity contribution in [2.24, 2.45) is 0 Å². The Morgan fingerprint density at radius 2 is 1.94 bits per heavy atom. The van der Waals surface area contributed by atoms with E-state index in [0.717, 1.165) is 16.9 Å². The Hall–Kier alpha value is -0.991. The molecule has 0 saturated carbocycles. The Morgan fingerprint density at radius 3 is 2.50 bits per heavy atom. The van der Waals surface area contributed by atoms with Gasteiger partial charge in [0.2, 0.25) is 5.91 Å². The molecule has 1 aromatic carbocycles. The van der Waals surface area contributed by atoms with E-state index in [4.69, 9.17) is 5.73 Å². The summed E-state index contributed by atoms with van der Waals surface area (Å²) in [6, 6.07) is 5.66. The smallest absolute Gasteiger partial charge is 0.399 e. The Bertz CT molecular complexity index is 424. The van der Waals surface area contributed by atoms with Gasteiger partial charge in [0.15, 0.2) is 0 Å². The summed E-state index contributed by atoms with van der Waals surface area (Å²) in [4.78, 5) is 13.7. The minimum absolute atomic E-state index is 0. The van der Waals surface area contributed by atoms with E-state index in [1.54, 1.807) is 0 Å². The fourth-order valence-corrected chi connectivity index (χ4v) is 2.08. The summed E-state index contributed by atoms with van der Waals surface area (Å²) in [5.41, 5.74) is 8.29. The molecular weight excluding hydrogens is 244 g/mol. The van der Waals surface area contributed by atoms with Crippen LogP contribution >= 0.6 is 0 Å². The molecule has 86 valence electrons. The molecule has 1 amide bonds. The maximum Gasteiger partial charge on any atom is 2.00 e. The number of rotatable bonds is 0. The van der Waals surface area contributed by atoms with Crippen molar-refractivity contribution in [1.82, 2.24) is 0 Å². The molecule has 0 saturated heterocycles. The first-order valence-corrected chi connectivity index (χ1v) is 5.11. The third-order valence-corrected chi connectivity index (χ3v) is 2.61. The van der Waals surface area contributed by atoms with Crippen molar-refractivity contribution in [2.75, 3.05) is 10.6 Å². The molecule has 0 aliphatic carbocycles. The molecule has 0 aromatic heterocycles. The third kappa shape index (κ3) is 2.08. The second kappa shape index (κ2) is 4.11. The van der Waals surface area contributed by atoms with Gasteiger partial charge < -0.3 is 10.6 Å². The van der Waals surface area contributed by atoms with Crippen LogP contribution in [0.5, 0.6) is 0 Å². The molecular formula is C12H16FeN2O+2. The van der Waals surface area contributed by atoms with Crippen molar-refractivity contribution < 1.29 is 21.9 Å². The molecule has 16 heavy (non-hydrogen) atoms. The zero-order valence-electron chi connectivity index (χ0n) is 9.73. The van der Waals surface area contributed by atoms with Crippen molar-refractivity contribution in [1.29, 1.82) is 0 Å². The van der Waals surface area contributed by atoms with E-state index in [2.05, 4.69) is 0 Å². The van der Waals surface area contributed by atoms with Crippen LogP contribution in [-0.4, -0.2) is 11.4 Å². The van der Waals surface area contributed by atoms with Gasteiger partial charge in [0.1, 0.15) is 0 Å². The fraction of sp³-hybridized carbons (Fsp3) is 0.417. The molecule has 0 fully saturated rings. The van der Waals surface area contributed by atoms with Crippen LogP contribution in [0.1, 0.15) is 26.3 Å².